The molecule has 3 fully saturated rings. The minimum absolute atomic E-state index is 0.0254. The summed E-state index contributed by atoms with van der Waals surface area (Å²) in [5.74, 6) is 1.85. The van der Waals surface area contributed by atoms with Crippen LogP contribution in [-0.4, -0.2) is 64.9 Å². The number of tetrazole rings is 1. The number of ether oxygens (including phenoxy) is 4. The zero-order valence-electron chi connectivity index (χ0n) is 24.6. The first kappa shape index (κ1) is 31.3. The smallest absolute Gasteiger partial charge is 0.174 e. The molecule has 1 aliphatic carbocycles. The van der Waals surface area contributed by atoms with Crippen LogP contribution in [0.1, 0.15) is 115 Å². The Kier molecular flexibility index (Phi) is 14.1. The highest BCUT2D eigenvalue weighted by Crippen LogP contribution is 2.42. The molecule has 9 heteroatoms. The van der Waals surface area contributed by atoms with Crippen LogP contribution in [-0.2, 0) is 30.2 Å². The summed E-state index contributed by atoms with van der Waals surface area (Å²) in [6.07, 6.45) is 22.0. The van der Waals surface area contributed by atoms with E-state index in [1.54, 1.807) is 0 Å². The van der Waals surface area contributed by atoms with E-state index in [4.69, 9.17) is 18.9 Å². The number of hydrogen-bond donors (Lipinski definition) is 1. The molecule has 1 saturated carbocycles. The molecule has 0 amide bonds. The van der Waals surface area contributed by atoms with E-state index in [0.717, 1.165) is 96.3 Å². The van der Waals surface area contributed by atoms with Gasteiger partial charge in [0.05, 0.1) is 6.10 Å². The molecule has 4 rings (SSSR count). The van der Waals surface area contributed by atoms with Gasteiger partial charge in [-0.15, -0.1) is 10.2 Å². The fourth-order valence-corrected chi connectivity index (χ4v) is 6.54. The van der Waals surface area contributed by atoms with E-state index in [1.807, 2.05) is 0 Å². The van der Waals surface area contributed by atoms with Crippen LogP contribution in [0.25, 0.3) is 0 Å². The van der Waals surface area contributed by atoms with Crippen molar-refractivity contribution >= 4 is 5.78 Å². The Bertz CT molecular complexity index is 839. The predicted molar refractivity (Wildman–Crippen MR) is 152 cm³/mol. The van der Waals surface area contributed by atoms with Gasteiger partial charge in [-0.2, -0.15) is 5.21 Å². The van der Waals surface area contributed by atoms with Crippen LogP contribution in [0.5, 0.6) is 0 Å². The van der Waals surface area contributed by atoms with Crippen molar-refractivity contribution in [3.8, 4) is 0 Å². The van der Waals surface area contributed by atoms with Gasteiger partial charge in [0.1, 0.15) is 5.78 Å². The van der Waals surface area contributed by atoms with Gasteiger partial charge in [0.15, 0.2) is 18.4 Å². The summed E-state index contributed by atoms with van der Waals surface area (Å²) >= 11 is 0. The van der Waals surface area contributed by atoms with Gasteiger partial charge in [-0.05, 0) is 76.0 Å². The fraction of sp³-hybridized carbons (Fsp3) is 0.871. The minimum Gasteiger partial charge on any atom is -0.353 e. The third-order valence-electron chi connectivity index (χ3n) is 8.79. The molecular formula is C31H52N4O5. The molecule has 6 atom stereocenters. The lowest BCUT2D eigenvalue weighted by Gasteiger charge is -2.33. The first-order chi connectivity index (χ1) is 19.7. The molecular weight excluding hydrogens is 508 g/mol. The number of unbranched alkanes of at least 4 members (excludes halogenated alkanes) is 5. The zero-order valence-corrected chi connectivity index (χ0v) is 24.6. The molecule has 2 aliphatic heterocycles. The summed E-state index contributed by atoms with van der Waals surface area (Å²) in [6.45, 7) is 4.75. The van der Waals surface area contributed by atoms with Gasteiger partial charge in [0.25, 0.3) is 0 Å². The van der Waals surface area contributed by atoms with Crippen molar-refractivity contribution in [3.63, 3.8) is 0 Å². The minimum atomic E-state index is -0.151. The van der Waals surface area contributed by atoms with E-state index in [9.17, 15) is 4.79 Å². The number of H-pyrrole nitrogens is 1. The maximum Gasteiger partial charge on any atom is 0.174 e. The van der Waals surface area contributed by atoms with Crippen molar-refractivity contribution in [1.29, 1.82) is 0 Å². The number of hydrogen-bond acceptors (Lipinski definition) is 8. The number of ketones is 1. The van der Waals surface area contributed by atoms with Gasteiger partial charge in [0.2, 0.25) is 0 Å². The molecule has 3 heterocycles. The summed E-state index contributed by atoms with van der Waals surface area (Å²) in [7, 11) is 0. The monoisotopic (exact) mass is 560 g/mol. The molecule has 0 aromatic carbocycles. The Morgan fingerprint density at radius 3 is 2.50 bits per heavy atom. The van der Waals surface area contributed by atoms with E-state index in [-0.39, 0.29) is 30.5 Å². The number of allylic oxidation sites excluding steroid dienone is 2. The van der Waals surface area contributed by atoms with Crippen molar-refractivity contribution in [2.45, 2.75) is 135 Å². The molecule has 9 nitrogen and oxygen atoms in total. The molecule has 0 spiro atoms. The fourth-order valence-electron chi connectivity index (χ4n) is 6.54. The lowest BCUT2D eigenvalue weighted by Crippen LogP contribution is -2.34. The highest BCUT2D eigenvalue weighted by atomic mass is 16.7. The normalized spacial score (nSPS) is 28.4. The second-order valence-corrected chi connectivity index (χ2v) is 12.0. The van der Waals surface area contributed by atoms with Crippen LogP contribution in [0, 0.1) is 17.8 Å². The van der Waals surface area contributed by atoms with Gasteiger partial charge in [-0.1, -0.05) is 56.4 Å². The number of Topliss-reactive ketones (excluding diaryl/α,β-unsaturated/α-hetero) is 1. The lowest BCUT2D eigenvalue weighted by atomic mass is 9.79. The largest absolute Gasteiger partial charge is 0.353 e. The summed E-state index contributed by atoms with van der Waals surface area (Å²) in [4.78, 5) is 13.2. The lowest BCUT2D eigenvalue weighted by molar-refractivity contribution is -0.199. The topological polar surface area (TPSA) is 108 Å². The molecule has 0 radical (unpaired) electrons. The number of aryl methyl sites for hydroxylation is 1. The highest BCUT2D eigenvalue weighted by molar-refractivity contribution is 5.84. The standard InChI is InChI=1S/C31H52N4O5/c1-24(15-7-3-2-6-12-20-37-29-18-10-13-21-38-29)31-25(16-8-4-5-9-17-28-32-34-35-33-28)26(36)23-27(31)40-30-19-11-14-22-39-30/h4,8,24-25,27,29-31H,2-3,5-7,9-23H2,1H3,(H,32,33,34,35)/b8-4-/t24?,25-,27+,29?,30?,31+/m1/s1. The molecule has 226 valence electrons. The average Bonchev–Trinajstić information content (AvgIpc) is 3.60. The Hall–Kier alpha value is -1.68. The third kappa shape index (κ3) is 10.6. The second-order valence-electron chi connectivity index (χ2n) is 12.0. The van der Waals surface area contributed by atoms with E-state index >= 15 is 0 Å². The summed E-state index contributed by atoms with van der Waals surface area (Å²) in [5, 5.41) is 14.1. The second kappa shape index (κ2) is 18.0. The number of nitrogens with zero attached hydrogens (tertiary/aromatic N) is 3. The Morgan fingerprint density at radius 1 is 0.975 bits per heavy atom. The first-order valence-electron chi connectivity index (χ1n) is 16.1. The van der Waals surface area contributed by atoms with Crippen molar-refractivity contribution in [3.05, 3.63) is 18.0 Å². The Morgan fingerprint density at radius 2 is 1.75 bits per heavy atom. The molecule has 3 aliphatic rings. The summed E-state index contributed by atoms with van der Waals surface area (Å²) < 4.78 is 23.9. The summed E-state index contributed by atoms with van der Waals surface area (Å²) in [6, 6.07) is 0. The predicted octanol–water partition coefficient (Wildman–Crippen LogP) is 6.11. The SMILES string of the molecule is CC(CCCCCCCOC1CCCCO1)[C@@H]1[C@@H](OC2CCCCO2)CC(=O)[C@H]1C/C=C\CCCc1nn[nH]n1. The molecule has 1 aromatic heterocycles. The number of nitrogens with one attached hydrogen (secondary N) is 1. The van der Waals surface area contributed by atoms with E-state index in [2.05, 4.69) is 39.7 Å². The van der Waals surface area contributed by atoms with Crippen LogP contribution in [0.3, 0.4) is 0 Å². The van der Waals surface area contributed by atoms with Gasteiger partial charge in [-0.25, -0.2) is 0 Å². The number of aromatic amines is 1. The van der Waals surface area contributed by atoms with Crippen LogP contribution in [0.2, 0.25) is 0 Å². The molecule has 1 aromatic rings. The molecule has 1 N–H and O–H groups in total. The maximum absolute atomic E-state index is 13.2. The third-order valence-corrected chi connectivity index (χ3v) is 8.79. The van der Waals surface area contributed by atoms with Gasteiger partial charge in [-0.3, -0.25) is 4.79 Å². The first-order valence-corrected chi connectivity index (χ1v) is 16.1. The van der Waals surface area contributed by atoms with Gasteiger partial charge >= 0.3 is 0 Å². The molecule has 0 bridgehead atoms. The van der Waals surface area contributed by atoms with Gasteiger partial charge < -0.3 is 18.9 Å². The molecule has 2 saturated heterocycles. The van der Waals surface area contributed by atoms with Crippen molar-refractivity contribution in [2.75, 3.05) is 19.8 Å². The quantitative estimate of drug-likeness (QED) is 0.169. The van der Waals surface area contributed by atoms with Crippen LogP contribution < -0.4 is 0 Å². The van der Waals surface area contributed by atoms with Crippen molar-refractivity contribution in [2.24, 2.45) is 17.8 Å². The summed E-state index contributed by atoms with van der Waals surface area (Å²) in [5.41, 5.74) is 0. The number of rotatable bonds is 18. The number of aromatic nitrogens is 4. The Labute approximate surface area is 240 Å². The molecule has 3 unspecified atom stereocenters. The van der Waals surface area contributed by atoms with E-state index < -0.39 is 0 Å². The number of carbonyl (C=O) groups excluding carboxylic acids is 1. The van der Waals surface area contributed by atoms with Crippen LogP contribution in [0.15, 0.2) is 12.2 Å². The van der Waals surface area contributed by atoms with Crippen molar-refractivity contribution in [1.82, 2.24) is 20.6 Å². The highest BCUT2D eigenvalue weighted by Gasteiger charge is 2.45. The zero-order chi connectivity index (χ0) is 27.8. The van der Waals surface area contributed by atoms with E-state index in [1.165, 1.54) is 32.1 Å². The average molecular weight is 561 g/mol. The van der Waals surface area contributed by atoms with Crippen LogP contribution in [0.4, 0.5) is 0 Å². The maximum atomic E-state index is 13.2. The molecule has 40 heavy (non-hydrogen) atoms. The van der Waals surface area contributed by atoms with Crippen LogP contribution >= 0.6 is 0 Å². The van der Waals surface area contributed by atoms with E-state index in [0.29, 0.717) is 18.1 Å². The van der Waals surface area contributed by atoms with Crippen molar-refractivity contribution < 1.29 is 23.7 Å². The van der Waals surface area contributed by atoms with Gasteiger partial charge in [0, 0.05) is 38.6 Å². The Balaban J connectivity index is 1.18. The number of carbonyl (C=O) groups is 1.